The molecule has 0 spiro atoms. The Hall–Kier alpha value is -1.82. The second-order valence-electron chi connectivity index (χ2n) is 3.72. The first kappa shape index (κ1) is 14.2. The predicted molar refractivity (Wildman–Crippen MR) is 66.4 cm³/mol. The van der Waals surface area contributed by atoms with Gasteiger partial charge >= 0.3 is 0 Å². The Morgan fingerprint density at radius 3 is 2.78 bits per heavy atom. The van der Waals surface area contributed by atoms with Crippen molar-refractivity contribution in [3.05, 3.63) is 34.6 Å². The van der Waals surface area contributed by atoms with E-state index in [0.717, 1.165) is 4.90 Å². The number of hydrogen-bond donors (Lipinski definition) is 2. The number of nitrogens with two attached hydrogens (primary N) is 1. The monoisotopic (exact) mass is 273 g/mol. The molecule has 1 aromatic rings. The number of rotatable bonds is 3. The zero-order valence-corrected chi connectivity index (χ0v) is 10.6. The fourth-order valence-corrected chi connectivity index (χ4v) is 1.49. The molecule has 0 aliphatic carbocycles. The quantitative estimate of drug-likeness (QED) is 0.381. The predicted octanol–water partition coefficient (Wildman–Crippen LogP) is 1.69. The summed E-state index contributed by atoms with van der Waals surface area (Å²) in [5.74, 6) is -1.54. The molecule has 1 atom stereocenters. The lowest BCUT2D eigenvalue weighted by molar-refractivity contribution is 0.0771. The van der Waals surface area contributed by atoms with Crippen LogP contribution in [-0.2, 0) is 0 Å². The minimum atomic E-state index is -0.789. The van der Waals surface area contributed by atoms with Crippen LogP contribution in [0.5, 0.6) is 0 Å². The number of likely N-dealkylation sites (N-methyl/N-ethyl adjacent to an activating group) is 1. The minimum Gasteiger partial charge on any atom is -0.409 e. The van der Waals surface area contributed by atoms with Crippen LogP contribution in [0, 0.1) is 5.82 Å². The largest absolute Gasteiger partial charge is 0.409 e. The van der Waals surface area contributed by atoms with Gasteiger partial charge in [-0.2, -0.15) is 0 Å². The fraction of sp³-hybridized carbons (Fsp3) is 0.273. The molecule has 1 unspecified atom stereocenters. The lowest BCUT2D eigenvalue weighted by Gasteiger charge is -2.24. The van der Waals surface area contributed by atoms with Crippen LogP contribution >= 0.6 is 11.6 Å². The van der Waals surface area contributed by atoms with Gasteiger partial charge in [-0.05, 0) is 19.1 Å². The molecular formula is C11H13ClFN3O2. The molecule has 5 nitrogen and oxygen atoms in total. The molecule has 1 aromatic carbocycles. The van der Waals surface area contributed by atoms with Crippen molar-refractivity contribution in [2.45, 2.75) is 13.0 Å². The average Bonchev–Trinajstić information content (AvgIpc) is 2.38. The Bertz CT molecular complexity index is 493. The molecule has 7 heteroatoms. The SMILES string of the molecule is CC(/C(N)=N/O)N(C)C(=O)c1cccc(Cl)c1F. The first-order valence-electron chi connectivity index (χ1n) is 5.08. The van der Waals surface area contributed by atoms with E-state index in [1.54, 1.807) is 6.92 Å². The van der Waals surface area contributed by atoms with E-state index in [4.69, 9.17) is 22.5 Å². The van der Waals surface area contributed by atoms with Crippen molar-refractivity contribution in [2.75, 3.05) is 7.05 Å². The van der Waals surface area contributed by atoms with E-state index in [1.165, 1.54) is 25.2 Å². The van der Waals surface area contributed by atoms with Crippen molar-refractivity contribution in [3.63, 3.8) is 0 Å². The standard InChI is InChI=1S/C11H13ClFN3O2/c1-6(10(14)15-18)16(2)11(17)7-4-3-5-8(12)9(7)13/h3-6,18H,1-2H3,(H2,14,15). The van der Waals surface area contributed by atoms with Crippen molar-refractivity contribution in [2.24, 2.45) is 10.9 Å². The third-order valence-electron chi connectivity index (χ3n) is 2.63. The number of oxime groups is 1. The fourth-order valence-electron chi connectivity index (χ4n) is 1.32. The minimum absolute atomic E-state index is 0.134. The van der Waals surface area contributed by atoms with Crippen LogP contribution in [0.25, 0.3) is 0 Å². The zero-order chi connectivity index (χ0) is 13.9. The van der Waals surface area contributed by atoms with E-state index in [9.17, 15) is 9.18 Å². The van der Waals surface area contributed by atoms with Gasteiger partial charge in [0.1, 0.15) is 0 Å². The van der Waals surface area contributed by atoms with Crippen LogP contribution in [0.1, 0.15) is 17.3 Å². The number of amidine groups is 1. The molecule has 0 saturated carbocycles. The highest BCUT2D eigenvalue weighted by molar-refractivity contribution is 6.31. The Kier molecular flexibility index (Phi) is 4.49. The van der Waals surface area contributed by atoms with Gasteiger partial charge in [0, 0.05) is 7.05 Å². The highest BCUT2D eigenvalue weighted by Crippen LogP contribution is 2.19. The summed E-state index contributed by atoms with van der Waals surface area (Å²) in [6.07, 6.45) is 0. The van der Waals surface area contributed by atoms with Gasteiger partial charge in [-0.3, -0.25) is 4.79 Å². The molecule has 0 bridgehead atoms. The first-order chi connectivity index (χ1) is 8.40. The van der Waals surface area contributed by atoms with E-state index in [2.05, 4.69) is 5.16 Å². The van der Waals surface area contributed by atoms with E-state index < -0.39 is 17.8 Å². The van der Waals surface area contributed by atoms with Crippen molar-refractivity contribution in [3.8, 4) is 0 Å². The van der Waals surface area contributed by atoms with Gasteiger partial charge in [-0.15, -0.1) is 0 Å². The second kappa shape index (κ2) is 5.68. The summed E-state index contributed by atoms with van der Waals surface area (Å²) in [6, 6.07) is 3.47. The number of hydrogen-bond acceptors (Lipinski definition) is 3. The smallest absolute Gasteiger partial charge is 0.257 e. The molecule has 0 aliphatic heterocycles. The van der Waals surface area contributed by atoms with Gasteiger partial charge < -0.3 is 15.8 Å². The molecule has 1 rings (SSSR count). The number of carbonyl (C=O) groups is 1. The third-order valence-corrected chi connectivity index (χ3v) is 2.92. The molecular weight excluding hydrogens is 261 g/mol. The Balaban J connectivity index is 3.04. The molecule has 0 saturated heterocycles. The van der Waals surface area contributed by atoms with Crippen LogP contribution in [0.15, 0.2) is 23.4 Å². The van der Waals surface area contributed by atoms with Crippen LogP contribution in [-0.4, -0.2) is 34.9 Å². The van der Waals surface area contributed by atoms with Crippen LogP contribution in [0.3, 0.4) is 0 Å². The molecule has 18 heavy (non-hydrogen) atoms. The lowest BCUT2D eigenvalue weighted by Crippen LogP contribution is -2.44. The van der Waals surface area contributed by atoms with Crippen molar-refractivity contribution >= 4 is 23.3 Å². The van der Waals surface area contributed by atoms with Gasteiger partial charge in [0.05, 0.1) is 16.6 Å². The number of amides is 1. The van der Waals surface area contributed by atoms with Crippen molar-refractivity contribution in [1.82, 2.24) is 4.90 Å². The van der Waals surface area contributed by atoms with Gasteiger partial charge in [0.2, 0.25) is 0 Å². The van der Waals surface area contributed by atoms with E-state index >= 15 is 0 Å². The summed E-state index contributed by atoms with van der Waals surface area (Å²) in [7, 11) is 1.42. The molecule has 0 heterocycles. The maximum Gasteiger partial charge on any atom is 0.257 e. The van der Waals surface area contributed by atoms with Gasteiger partial charge in [-0.25, -0.2) is 4.39 Å². The zero-order valence-electron chi connectivity index (χ0n) is 9.89. The highest BCUT2D eigenvalue weighted by Gasteiger charge is 2.23. The van der Waals surface area contributed by atoms with Crippen LogP contribution in [0.4, 0.5) is 4.39 Å². The van der Waals surface area contributed by atoms with E-state index in [1.807, 2.05) is 0 Å². The summed E-state index contributed by atoms with van der Waals surface area (Å²) in [6.45, 7) is 1.55. The van der Waals surface area contributed by atoms with Crippen molar-refractivity contribution < 1.29 is 14.4 Å². The third kappa shape index (κ3) is 2.70. The molecule has 98 valence electrons. The second-order valence-corrected chi connectivity index (χ2v) is 4.13. The summed E-state index contributed by atoms with van der Waals surface area (Å²) in [4.78, 5) is 13.2. The molecule has 0 aromatic heterocycles. The van der Waals surface area contributed by atoms with Gasteiger partial charge in [0.15, 0.2) is 11.7 Å². The van der Waals surface area contributed by atoms with E-state index in [0.29, 0.717) is 0 Å². The number of benzene rings is 1. The topological polar surface area (TPSA) is 78.9 Å². The highest BCUT2D eigenvalue weighted by atomic mass is 35.5. The van der Waals surface area contributed by atoms with Crippen molar-refractivity contribution in [1.29, 1.82) is 0 Å². The summed E-state index contributed by atoms with van der Waals surface area (Å²) in [5.41, 5.74) is 5.22. The van der Waals surface area contributed by atoms with E-state index in [-0.39, 0.29) is 16.4 Å². The summed E-state index contributed by atoms with van der Waals surface area (Å²) >= 11 is 5.60. The summed E-state index contributed by atoms with van der Waals surface area (Å²) in [5, 5.41) is 11.2. The van der Waals surface area contributed by atoms with Gasteiger partial charge in [0.25, 0.3) is 5.91 Å². The maximum atomic E-state index is 13.7. The Morgan fingerprint density at radius 1 is 1.61 bits per heavy atom. The maximum absolute atomic E-state index is 13.7. The van der Waals surface area contributed by atoms with Crippen LogP contribution in [0.2, 0.25) is 5.02 Å². The number of halogens is 2. The van der Waals surface area contributed by atoms with Gasteiger partial charge in [-0.1, -0.05) is 22.8 Å². The molecule has 1 amide bonds. The Labute approximate surface area is 109 Å². The number of nitrogens with zero attached hydrogens (tertiary/aromatic N) is 2. The normalized spacial score (nSPS) is 13.2. The number of carbonyl (C=O) groups excluding carboxylic acids is 1. The average molecular weight is 274 g/mol. The summed E-state index contributed by atoms with van der Waals surface area (Å²) < 4.78 is 13.7. The molecule has 0 fully saturated rings. The molecule has 0 aliphatic rings. The molecule has 0 radical (unpaired) electrons. The van der Waals surface area contributed by atoms with Crippen LogP contribution < -0.4 is 5.73 Å². The molecule has 3 N–H and O–H groups in total. The first-order valence-corrected chi connectivity index (χ1v) is 5.46. The Morgan fingerprint density at radius 2 is 2.22 bits per heavy atom. The lowest BCUT2D eigenvalue weighted by atomic mass is 10.1.